The smallest absolute Gasteiger partial charge is 0.0661 e. The highest BCUT2D eigenvalue weighted by Crippen LogP contribution is 2.28. The largest absolute Gasteiger partial charge is 0.254 e. The lowest BCUT2D eigenvalue weighted by Crippen LogP contribution is -2.02. The minimum atomic E-state index is 0.818. The van der Waals surface area contributed by atoms with Gasteiger partial charge in [0.15, 0.2) is 0 Å². The second-order valence-electron chi connectivity index (χ2n) is 5.50. The Kier molecular flexibility index (Phi) is 6.78. The van der Waals surface area contributed by atoms with Gasteiger partial charge in [0.25, 0.3) is 0 Å². The molecule has 0 aliphatic rings. The molecule has 1 aromatic carbocycles. The Morgan fingerprint density at radius 1 is 1.05 bits per heavy atom. The molecule has 0 radical (unpaired) electrons. The van der Waals surface area contributed by atoms with E-state index in [-0.39, 0.29) is 0 Å². The maximum atomic E-state index is 4.57. The lowest BCUT2D eigenvalue weighted by atomic mass is 9.91. The molecule has 116 valence electrons. The van der Waals surface area contributed by atoms with Gasteiger partial charge in [-0.1, -0.05) is 43.0 Å². The van der Waals surface area contributed by atoms with E-state index >= 15 is 0 Å². The quantitative estimate of drug-likeness (QED) is 0.447. The maximum Gasteiger partial charge on any atom is 0.0661 e. The lowest BCUT2D eigenvalue weighted by Gasteiger charge is -2.15. The molecular weight excluding hydrogens is 266 g/mol. The van der Waals surface area contributed by atoms with Gasteiger partial charge >= 0.3 is 0 Å². The molecule has 0 saturated heterocycles. The third-order valence-electron chi connectivity index (χ3n) is 3.71. The topological polar surface area (TPSA) is 12.4 Å². The van der Waals surface area contributed by atoms with Crippen LogP contribution in [0.3, 0.4) is 0 Å². The molecule has 0 spiro atoms. The lowest BCUT2D eigenvalue weighted by molar-refractivity contribution is 1.30. The van der Waals surface area contributed by atoms with Crippen LogP contribution in [0.2, 0.25) is 0 Å². The molecule has 0 unspecified atom stereocenters. The first-order valence-corrected chi connectivity index (χ1v) is 7.69. The molecule has 0 aliphatic heterocycles. The average Bonchev–Trinajstić information content (AvgIpc) is 2.48. The summed E-state index contributed by atoms with van der Waals surface area (Å²) in [6.07, 6.45) is 6.23. The fourth-order valence-corrected chi connectivity index (χ4v) is 2.45. The highest BCUT2D eigenvalue weighted by molar-refractivity contribution is 6.10. The van der Waals surface area contributed by atoms with Crippen molar-refractivity contribution in [3.05, 3.63) is 77.0 Å². The number of hydrogen-bond acceptors (Lipinski definition) is 1. The van der Waals surface area contributed by atoms with Crippen LogP contribution in [0.25, 0.3) is 5.57 Å². The summed E-state index contributed by atoms with van der Waals surface area (Å²) in [6, 6.07) is 8.48. The van der Waals surface area contributed by atoms with Crippen LogP contribution in [0.5, 0.6) is 0 Å². The maximum absolute atomic E-state index is 4.57. The van der Waals surface area contributed by atoms with E-state index in [9.17, 15) is 0 Å². The molecule has 0 aliphatic carbocycles. The van der Waals surface area contributed by atoms with Crippen molar-refractivity contribution in [3.8, 4) is 0 Å². The van der Waals surface area contributed by atoms with Gasteiger partial charge in [0, 0.05) is 5.70 Å². The molecule has 0 atom stereocenters. The van der Waals surface area contributed by atoms with Crippen LogP contribution in [0.15, 0.2) is 70.9 Å². The number of hydrogen-bond donors (Lipinski definition) is 0. The zero-order valence-corrected chi connectivity index (χ0v) is 14.7. The van der Waals surface area contributed by atoms with Gasteiger partial charge in [0.1, 0.15) is 0 Å². The Balaban J connectivity index is 3.44. The molecule has 1 rings (SSSR count). The standard InChI is InChI=1S/C21H27N/c1-8-12-21(22-15(3)4)18(7)17(6)19(9-2)20-14-11-10-13-16(20)5/h8-14H,3H2,1-2,4-7H3/b12-8-,18-17+,19-9-,22-21?. The van der Waals surface area contributed by atoms with Crippen molar-refractivity contribution in [1.29, 1.82) is 0 Å². The molecule has 22 heavy (non-hydrogen) atoms. The van der Waals surface area contributed by atoms with Crippen LogP contribution in [0.4, 0.5) is 0 Å². The van der Waals surface area contributed by atoms with E-state index in [1.54, 1.807) is 0 Å². The summed E-state index contributed by atoms with van der Waals surface area (Å²) in [5.41, 5.74) is 8.03. The van der Waals surface area contributed by atoms with Crippen molar-refractivity contribution in [2.75, 3.05) is 0 Å². The Bertz CT molecular complexity index is 667. The molecular formula is C21H27N. The fraction of sp³-hybridized carbons (Fsp3) is 0.286. The number of aryl methyl sites for hydroxylation is 1. The molecule has 1 nitrogen and oxygen atoms in total. The van der Waals surface area contributed by atoms with E-state index < -0.39 is 0 Å². The van der Waals surface area contributed by atoms with Gasteiger partial charge < -0.3 is 0 Å². The Morgan fingerprint density at radius 2 is 1.68 bits per heavy atom. The Labute approximate surface area is 135 Å². The van der Waals surface area contributed by atoms with E-state index in [2.05, 4.69) is 69.6 Å². The van der Waals surface area contributed by atoms with Crippen LogP contribution >= 0.6 is 0 Å². The average molecular weight is 293 g/mol. The van der Waals surface area contributed by atoms with Gasteiger partial charge in [-0.15, -0.1) is 0 Å². The van der Waals surface area contributed by atoms with Crippen molar-refractivity contribution < 1.29 is 0 Å². The number of aliphatic imine (C=N–C) groups is 1. The Hall–Kier alpha value is -2.15. The summed E-state index contributed by atoms with van der Waals surface area (Å²) >= 11 is 0. The Morgan fingerprint density at radius 3 is 2.18 bits per heavy atom. The predicted octanol–water partition coefficient (Wildman–Crippen LogP) is 6.29. The normalized spacial score (nSPS) is 14.3. The monoisotopic (exact) mass is 293 g/mol. The summed E-state index contributed by atoms with van der Waals surface area (Å²) in [7, 11) is 0. The van der Waals surface area contributed by atoms with Crippen molar-refractivity contribution in [3.63, 3.8) is 0 Å². The fourth-order valence-electron chi connectivity index (χ4n) is 2.45. The second-order valence-corrected chi connectivity index (χ2v) is 5.50. The molecule has 0 saturated carbocycles. The van der Waals surface area contributed by atoms with E-state index in [4.69, 9.17) is 0 Å². The SMILES string of the molecule is C=C(C)N=C(/C=C\C)/C(C)=C(C)/C(=C/C)c1ccccc1C. The minimum Gasteiger partial charge on any atom is -0.254 e. The van der Waals surface area contributed by atoms with Crippen LogP contribution in [0, 0.1) is 6.92 Å². The zero-order valence-electron chi connectivity index (χ0n) is 14.7. The summed E-state index contributed by atoms with van der Waals surface area (Å²) in [5.74, 6) is 0. The first-order valence-electron chi connectivity index (χ1n) is 7.69. The third kappa shape index (κ3) is 4.42. The van der Waals surface area contributed by atoms with E-state index in [1.165, 1.54) is 27.8 Å². The van der Waals surface area contributed by atoms with Crippen molar-refractivity contribution in [1.82, 2.24) is 0 Å². The number of benzene rings is 1. The minimum absolute atomic E-state index is 0.818. The molecule has 0 bridgehead atoms. The number of rotatable bonds is 5. The van der Waals surface area contributed by atoms with Crippen LogP contribution in [-0.4, -0.2) is 5.71 Å². The summed E-state index contributed by atoms with van der Waals surface area (Å²) in [4.78, 5) is 4.57. The van der Waals surface area contributed by atoms with Gasteiger partial charge in [0.05, 0.1) is 5.71 Å². The molecule has 1 aromatic rings. The van der Waals surface area contributed by atoms with Crippen LogP contribution < -0.4 is 0 Å². The van der Waals surface area contributed by atoms with Gasteiger partial charge in [-0.2, -0.15) is 0 Å². The first-order chi connectivity index (χ1) is 10.4. The van der Waals surface area contributed by atoms with Gasteiger partial charge in [0.2, 0.25) is 0 Å². The van der Waals surface area contributed by atoms with E-state index in [0.29, 0.717) is 0 Å². The van der Waals surface area contributed by atoms with Crippen LogP contribution in [-0.2, 0) is 0 Å². The molecule has 0 heterocycles. The summed E-state index contributed by atoms with van der Waals surface area (Å²) < 4.78 is 0. The van der Waals surface area contributed by atoms with Crippen LogP contribution in [0.1, 0.15) is 45.7 Å². The van der Waals surface area contributed by atoms with Gasteiger partial charge in [-0.3, -0.25) is 4.99 Å². The molecule has 0 amide bonds. The van der Waals surface area contributed by atoms with Crippen molar-refractivity contribution >= 4 is 11.3 Å². The van der Waals surface area contributed by atoms with Gasteiger partial charge in [-0.25, -0.2) is 0 Å². The molecule has 0 aromatic heterocycles. The van der Waals surface area contributed by atoms with Crippen molar-refractivity contribution in [2.45, 2.75) is 41.5 Å². The van der Waals surface area contributed by atoms with E-state index in [0.717, 1.165) is 11.4 Å². The predicted molar refractivity (Wildman–Crippen MR) is 100 cm³/mol. The van der Waals surface area contributed by atoms with E-state index in [1.807, 2.05) is 26.0 Å². The first kappa shape index (κ1) is 17.9. The summed E-state index contributed by atoms with van der Waals surface area (Å²) in [6.45, 7) is 16.3. The number of nitrogens with zero attached hydrogens (tertiary/aromatic N) is 1. The molecule has 1 heteroatoms. The number of allylic oxidation sites excluding steroid dienone is 7. The third-order valence-corrected chi connectivity index (χ3v) is 3.71. The molecule has 0 fully saturated rings. The second kappa shape index (κ2) is 8.33. The zero-order chi connectivity index (χ0) is 16.7. The van der Waals surface area contributed by atoms with Gasteiger partial charge in [-0.05, 0) is 75.5 Å². The highest BCUT2D eigenvalue weighted by Gasteiger charge is 2.10. The summed E-state index contributed by atoms with van der Waals surface area (Å²) in [5, 5.41) is 0. The molecule has 0 N–H and O–H groups in total. The van der Waals surface area contributed by atoms with Crippen molar-refractivity contribution in [2.24, 2.45) is 4.99 Å². The highest BCUT2D eigenvalue weighted by atomic mass is 14.7.